The number of carbonyl (C=O) groups is 1. The lowest BCUT2D eigenvalue weighted by Gasteiger charge is -2.16. The highest BCUT2D eigenvalue weighted by Crippen LogP contribution is 2.08. The van der Waals surface area contributed by atoms with Crippen LogP contribution in [0.3, 0.4) is 0 Å². The first-order valence-electron chi connectivity index (χ1n) is 5.27. The molecule has 1 aromatic rings. The minimum absolute atomic E-state index is 0.195. The van der Waals surface area contributed by atoms with Crippen molar-refractivity contribution in [3.8, 4) is 0 Å². The molecule has 1 aromatic heterocycles. The van der Waals surface area contributed by atoms with Crippen LogP contribution < -0.4 is 0 Å². The third kappa shape index (κ3) is 3.08. The molecule has 0 aliphatic carbocycles. The largest absolute Gasteiger partial charge is 0.341 e. The van der Waals surface area contributed by atoms with Gasteiger partial charge in [-0.1, -0.05) is 6.92 Å². The first kappa shape index (κ1) is 11.8. The van der Waals surface area contributed by atoms with Gasteiger partial charge in [-0.3, -0.25) is 9.48 Å². The van der Waals surface area contributed by atoms with E-state index in [0.717, 1.165) is 17.7 Å². The van der Waals surface area contributed by atoms with Gasteiger partial charge in [0.25, 0.3) is 0 Å². The Balaban J connectivity index is 2.61. The Morgan fingerprint density at radius 3 is 2.73 bits per heavy atom. The summed E-state index contributed by atoms with van der Waals surface area (Å²) >= 11 is 0. The van der Waals surface area contributed by atoms with Gasteiger partial charge in [-0.05, 0) is 13.3 Å². The van der Waals surface area contributed by atoms with Gasteiger partial charge in [0.1, 0.15) is 0 Å². The van der Waals surface area contributed by atoms with Crippen LogP contribution in [0.2, 0.25) is 0 Å². The highest BCUT2D eigenvalue weighted by Gasteiger charge is 2.10. The Morgan fingerprint density at radius 2 is 2.27 bits per heavy atom. The van der Waals surface area contributed by atoms with Crippen molar-refractivity contribution in [1.82, 2.24) is 14.7 Å². The van der Waals surface area contributed by atoms with Crippen LogP contribution in [-0.4, -0.2) is 27.6 Å². The summed E-state index contributed by atoms with van der Waals surface area (Å²) in [6.07, 6.45) is 3.48. The molecule has 0 unspecified atom stereocenters. The molecule has 4 nitrogen and oxygen atoms in total. The molecular formula is C11H19N3O. The highest BCUT2D eigenvalue weighted by molar-refractivity contribution is 5.75. The van der Waals surface area contributed by atoms with Crippen molar-refractivity contribution in [2.24, 2.45) is 7.05 Å². The van der Waals surface area contributed by atoms with E-state index in [2.05, 4.69) is 5.10 Å². The molecule has 0 saturated heterocycles. The molecule has 0 radical (unpaired) electrons. The van der Waals surface area contributed by atoms with Gasteiger partial charge >= 0.3 is 0 Å². The zero-order chi connectivity index (χ0) is 11.4. The SMILES string of the molecule is CCCC(=O)N(C)Cc1cn(C)nc1C. The summed E-state index contributed by atoms with van der Waals surface area (Å²) in [5.41, 5.74) is 2.11. The van der Waals surface area contributed by atoms with Crippen molar-refractivity contribution in [1.29, 1.82) is 0 Å². The fourth-order valence-corrected chi connectivity index (χ4v) is 1.55. The van der Waals surface area contributed by atoms with Gasteiger partial charge < -0.3 is 4.90 Å². The van der Waals surface area contributed by atoms with E-state index in [9.17, 15) is 4.79 Å². The zero-order valence-corrected chi connectivity index (χ0v) is 9.95. The van der Waals surface area contributed by atoms with Crippen LogP contribution in [0, 0.1) is 6.92 Å². The zero-order valence-electron chi connectivity index (χ0n) is 9.95. The number of hydrogen-bond donors (Lipinski definition) is 0. The predicted molar refractivity (Wildman–Crippen MR) is 59.3 cm³/mol. The normalized spacial score (nSPS) is 10.4. The number of aromatic nitrogens is 2. The molecule has 0 saturated carbocycles. The third-order valence-corrected chi connectivity index (χ3v) is 2.41. The standard InChI is InChI=1S/C11H19N3O/c1-5-6-11(15)13(3)7-10-8-14(4)12-9(10)2/h8H,5-7H2,1-4H3. The summed E-state index contributed by atoms with van der Waals surface area (Å²) in [7, 11) is 3.73. The minimum Gasteiger partial charge on any atom is -0.341 e. The Labute approximate surface area is 90.9 Å². The molecule has 0 bridgehead atoms. The molecule has 0 atom stereocenters. The minimum atomic E-state index is 0.195. The number of nitrogens with zero attached hydrogens (tertiary/aromatic N) is 3. The van der Waals surface area contributed by atoms with Crippen LogP contribution in [0.5, 0.6) is 0 Å². The van der Waals surface area contributed by atoms with Gasteiger partial charge in [0.15, 0.2) is 0 Å². The highest BCUT2D eigenvalue weighted by atomic mass is 16.2. The lowest BCUT2D eigenvalue weighted by atomic mass is 10.2. The van der Waals surface area contributed by atoms with Gasteiger partial charge in [0.05, 0.1) is 5.69 Å². The number of aryl methyl sites for hydroxylation is 2. The Hall–Kier alpha value is -1.32. The second-order valence-corrected chi connectivity index (χ2v) is 3.91. The summed E-state index contributed by atoms with van der Waals surface area (Å²) in [6, 6.07) is 0. The molecule has 0 N–H and O–H groups in total. The van der Waals surface area contributed by atoms with Crippen LogP contribution in [-0.2, 0) is 18.4 Å². The first-order valence-corrected chi connectivity index (χ1v) is 5.27. The van der Waals surface area contributed by atoms with Crippen LogP contribution in [0.15, 0.2) is 6.20 Å². The van der Waals surface area contributed by atoms with Gasteiger partial charge in [-0.25, -0.2) is 0 Å². The van der Waals surface area contributed by atoms with Gasteiger partial charge in [0.2, 0.25) is 5.91 Å². The van der Waals surface area contributed by atoms with E-state index in [1.165, 1.54) is 0 Å². The van der Waals surface area contributed by atoms with Gasteiger partial charge in [0, 0.05) is 38.8 Å². The summed E-state index contributed by atoms with van der Waals surface area (Å²) in [6.45, 7) is 4.63. The van der Waals surface area contributed by atoms with E-state index in [0.29, 0.717) is 13.0 Å². The van der Waals surface area contributed by atoms with E-state index in [4.69, 9.17) is 0 Å². The van der Waals surface area contributed by atoms with Crippen LogP contribution in [0.25, 0.3) is 0 Å². The monoisotopic (exact) mass is 209 g/mol. The molecule has 4 heteroatoms. The predicted octanol–water partition coefficient (Wildman–Crippen LogP) is 1.49. The van der Waals surface area contributed by atoms with E-state index in [1.54, 1.807) is 9.58 Å². The molecule has 0 spiro atoms. The van der Waals surface area contributed by atoms with Gasteiger partial charge in [-0.2, -0.15) is 5.10 Å². The number of amides is 1. The average Bonchev–Trinajstić information content (AvgIpc) is 2.45. The number of hydrogen-bond acceptors (Lipinski definition) is 2. The molecule has 15 heavy (non-hydrogen) atoms. The van der Waals surface area contributed by atoms with E-state index < -0.39 is 0 Å². The van der Waals surface area contributed by atoms with Crippen molar-refractivity contribution in [3.63, 3.8) is 0 Å². The van der Waals surface area contributed by atoms with Crippen molar-refractivity contribution in [2.75, 3.05) is 7.05 Å². The smallest absolute Gasteiger partial charge is 0.222 e. The molecule has 1 amide bonds. The maximum absolute atomic E-state index is 11.6. The van der Waals surface area contributed by atoms with E-state index in [1.807, 2.05) is 34.1 Å². The molecule has 0 aromatic carbocycles. The second-order valence-electron chi connectivity index (χ2n) is 3.91. The van der Waals surface area contributed by atoms with Crippen molar-refractivity contribution < 1.29 is 4.79 Å². The maximum Gasteiger partial charge on any atom is 0.222 e. The fourth-order valence-electron chi connectivity index (χ4n) is 1.55. The molecule has 1 heterocycles. The average molecular weight is 209 g/mol. The Kier molecular flexibility index (Phi) is 3.88. The van der Waals surface area contributed by atoms with Crippen LogP contribution in [0.1, 0.15) is 31.0 Å². The third-order valence-electron chi connectivity index (χ3n) is 2.41. The second kappa shape index (κ2) is 4.96. The van der Waals surface area contributed by atoms with E-state index >= 15 is 0 Å². The topological polar surface area (TPSA) is 38.1 Å². The Morgan fingerprint density at radius 1 is 1.60 bits per heavy atom. The summed E-state index contributed by atoms with van der Waals surface area (Å²) < 4.78 is 1.78. The van der Waals surface area contributed by atoms with Crippen LogP contribution >= 0.6 is 0 Å². The number of carbonyl (C=O) groups excluding carboxylic acids is 1. The van der Waals surface area contributed by atoms with Crippen molar-refractivity contribution >= 4 is 5.91 Å². The number of rotatable bonds is 4. The lowest BCUT2D eigenvalue weighted by Crippen LogP contribution is -2.25. The van der Waals surface area contributed by atoms with Crippen molar-refractivity contribution in [3.05, 3.63) is 17.5 Å². The fraction of sp³-hybridized carbons (Fsp3) is 0.636. The summed E-state index contributed by atoms with van der Waals surface area (Å²) in [5, 5.41) is 4.25. The summed E-state index contributed by atoms with van der Waals surface area (Å²) in [5.74, 6) is 0.195. The maximum atomic E-state index is 11.6. The summed E-state index contributed by atoms with van der Waals surface area (Å²) in [4.78, 5) is 13.3. The first-order chi connectivity index (χ1) is 7.04. The van der Waals surface area contributed by atoms with Crippen molar-refractivity contribution in [2.45, 2.75) is 33.2 Å². The van der Waals surface area contributed by atoms with Gasteiger partial charge in [-0.15, -0.1) is 0 Å². The molecule has 0 fully saturated rings. The molecule has 0 aliphatic rings. The molecule has 84 valence electrons. The Bertz CT molecular complexity index is 344. The van der Waals surface area contributed by atoms with E-state index in [-0.39, 0.29) is 5.91 Å². The quantitative estimate of drug-likeness (QED) is 0.753. The van der Waals surface area contributed by atoms with Crippen LogP contribution in [0.4, 0.5) is 0 Å². The lowest BCUT2D eigenvalue weighted by molar-refractivity contribution is -0.130. The molecule has 1 rings (SSSR count). The molecule has 0 aliphatic heterocycles. The molecular weight excluding hydrogens is 190 g/mol.